The van der Waals surface area contributed by atoms with E-state index >= 15 is 0 Å². The molecule has 0 aromatic carbocycles. The van der Waals surface area contributed by atoms with Gasteiger partial charge in [-0.2, -0.15) is 11.8 Å². The van der Waals surface area contributed by atoms with Gasteiger partial charge >= 0.3 is 0 Å². The quantitative estimate of drug-likeness (QED) is 0.645. The highest BCUT2D eigenvalue weighted by Crippen LogP contribution is 2.19. The van der Waals surface area contributed by atoms with Gasteiger partial charge in [0.05, 0.1) is 0 Å². The lowest BCUT2D eigenvalue weighted by molar-refractivity contribution is -0.114. The average Bonchev–Trinajstić information content (AvgIpc) is 2.31. The maximum absolute atomic E-state index is 11.2. The Labute approximate surface area is 85.0 Å². The van der Waals surface area contributed by atoms with E-state index in [0.717, 1.165) is 25.7 Å². The largest absolute Gasteiger partial charge is 0.295 e. The van der Waals surface area contributed by atoms with Crippen LogP contribution in [0.25, 0.3) is 0 Å². The maximum atomic E-state index is 11.2. The van der Waals surface area contributed by atoms with E-state index in [-0.39, 0.29) is 0 Å². The van der Waals surface area contributed by atoms with Crippen LogP contribution in [0.3, 0.4) is 0 Å². The highest BCUT2D eigenvalue weighted by atomic mass is 32.2. The zero-order valence-corrected chi connectivity index (χ0v) is 9.16. The van der Waals surface area contributed by atoms with E-state index in [1.165, 1.54) is 23.5 Å². The topological polar surface area (TPSA) is 17.1 Å². The standard InChI is InChI=1S/C11H18OS/c1-2-13-8-7-10-5-3-4-6-11(12)9-10/h9H,2-8H2,1H3. The number of carbonyl (C=O) groups excluding carboxylic acids is 1. The first-order valence-corrected chi connectivity index (χ1v) is 6.28. The summed E-state index contributed by atoms with van der Waals surface area (Å²) in [5, 5.41) is 0. The van der Waals surface area contributed by atoms with Gasteiger partial charge in [-0.3, -0.25) is 4.79 Å². The molecule has 0 amide bonds. The highest BCUT2D eigenvalue weighted by molar-refractivity contribution is 7.99. The first-order valence-electron chi connectivity index (χ1n) is 5.13. The zero-order chi connectivity index (χ0) is 9.52. The van der Waals surface area contributed by atoms with E-state index < -0.39 is 0 Å². The molecule has 1 rings (SSSR count). The Hall–Kier alpha value is -0.240. The van der Waals surface area contributed by atoms with Crippen molar-refractivity contribution in [3.8, 4) is 0 Å². The summed E-state index contributed by atoms with van der Waals surface area (Å²) >= 11 is 1.96. The van der Waals surface area contributed by atoms with Crippen LogP contribution in [0, 0.1) is 0 Å². The molecule has 13 heavy (non-hydrogen) atoms. The Bertz CT molecular complexity index is 196. The second-order valence-corrected chi connectivity index (χ2v) is 4.82. The third-order valence-electron chi connectivity index (χ3n) is 2.31. The molecule has 0 spiro atoms. The summed E-state index contributed by atoms with van der Waals surface area (Å²) in [7, 11) is 0. The molecule has 1 aliphatic carbocycles. The molecule has 0 radical (unpaired) electrons. The van der Waals surface area contributed by atoms with Crippen LogP contribution in [0.2, 0.25) is 0 Å². The lowest BCUT2D eigenvalue weighted by Crippen LogP contribution is -1.91. The van der Waals surface area contributed by atoms with Gasteiger partial charge < -0.3 is 0 Å². The van der Waals surface area contributed by atoms with Crippen LogP contribution >= 0.6 is 11.8 Å². The van der Waals surface area contributed by atoms with E-state index in [9.17, 15) is 4.79 Å². The van der Waals surface area contributed by atoms with Crippen molar-refractivity contribution in [2.45, 2.75) is 39.0 Å². The fourth-order valence-corrected chi connectivity index (χ4v) is 2.26. The molecule has 1 aliphatic rings. The minimum Gasteiger partial charge on any atom is -0.295 e. The van der Waals surface area contributed by atoms with Crippen molar-refractivity contribution in [2.75, 3.05) is 11.5 Å². The van der Waals surface area contributed by atoms with Gasteiger partial charge in [-0.05, 0) is 43.3 Å². The average molecular weight is 198 g/mol. The van der Waals surface area contributed by atoms with Crippen molar-refractivity contribution in [1.29, 1.82) is 0 Å². The molecule has 0 bridgehead atoms. The minimum absolute atomic E-state index is 0.342. The van der Waals surface area contributed by atoms with Gasteiger partial charge in [-0.15, -0.1) is 0 Å². The molecular weight excluding hydrogens is 180 g/mol. The number of carbonyl (C=O) groups is 1. The molecule has 0 heterocycles. The summed E-state index contributed by atoms with van der Waals surface area (Å²) in [6.07, 6.45) is 7.21. The Morgan fingerprint density at radius 2 is 2.15 bits per heavy atom. The molecule has 74 valence electrons. The molecule has 0 aromatic rings. The van der Waals surface area contributed by atoms with Gasteiger partial charge in [-0.1, -0.05) is 12.5 Å². The van der Waals surface area contributed by atoms with Crippen LogP contribution < -0.4 is 0 Å². The third-order valence-corrected chi connectivity index (χ3v) is 3.21. The molecule has 2 heteroatoms. The van der Waals surface area contributed by atoms with Gasteiger partial charge in [0.25, 0.3) is 0 Å². The van der Waals surface area contributed by atoms with Gasteiger partial charge in [0.1, 0.15) is 0 Å². The fourth-order valence-electron chi connectivity index (χ4n) is 1.57. The normalized spacial score (nSPS) is 18.2. The Morgan fingerprint density at radius 1 is 1.38 bits per heavy atom. The van der Waals surface area contributed by atoms with Crippen molar-refractivity contribution in [3.63, 3.8) is 0 Å². The Morgan fingerprint density at radius 3 is 2.92 bits per heavy atom. The second-order valence-electron chi connectivity index (χ2n) is 3.42. The molecule has 0 saturated carbocycles. The van der Waals surface area contributed by atoms with Crippen LogP contribution in [0.5, 0.6) is 0 Å². The molecule has 0 atom stereocenters. The molecule has 0 aromatic heterocycles. The minimum atomic E-state index is 0.342. The summed E-state index contributed by atoms with van der Waals surface area (Å²) in [6, 6.07) is 0. The van der Waals surface area contributed by atoms with Crippen molar-refractivity contribution in [2.24, 2.45) is 0 Å². The van der Waals surface area contributed by atoms with Crippen molar-refractivity contribution in [3.05, 3.63) is 11.6 Å². The number of hydrogen-bond donors (Lipinski definition) is 0. The van der Waals surface area contributed by atoms with Crippen LogP contribution in [0.1, 0.15) is 39.0 Å². The van der Waals surface area contributed by atoms with Crippen molar-refractivity contribution < 1.29 is 4.79 Å². The molecule has 0 unspecified atom stereocenters. The van der Waals surface area contributed by atoms with Crippen LogP contribution in [-0.4, -0.2) is 17.3 Å². The molecule has 0 saturated heterocycles. The van der Waals surface area contributed by atoms with Crippen LogP contribution in [0.4, 0.5) is 0 Å². The summed E-state index contributed by atoms with van der Waals surface area (Å²) in [5.74, 6) is 2.70. The van der Waals surface area contributed by atoms with Crippen molar-refractivity contribution in [1.82, 2.24) is 0 Å². The number of ketones is 1. The first kappa shape index (κ1) is 10.8. The number of hydrogen-bond acceptors (Lipinski definition) is 2. The van der Waals surface area contributed by atoms with E-state index in [0.29, 0.717) is 5.78 Å². The molecule has 0 N–H and O–H groups in total. The van der Waals surface area contributed by atoms with E-state index in [1.807, 2.05) is 17.8 Å². The van der Waals surface area contributed by atoms with Crippen LogP contribution in [0.15, 0.2) is 11.6 Å². The van der Waals surface area contributed by atoms with Gasteiger partial charge in [0.15, 0.2) is 5.78 Å². The molecular formula is C11H18OS. The summed E-state index contributed by atoms with van der Waals surface area (Å²) in [5.41, 5.74) is 1.38. The number of thioether (sulfide) groups is 1. The number of allylic oxidation sites excluding steroid dienone is 2. The number of rotatable bonds is 4. The Balaban J connectivity index is 2.32. The van der Waals surface area contributed by atoms with E-state index in [1.54, 1.807) is 0 Å². The summed E-state index contributed by atoms with van der Waals surface area (Å²) < 4.78 is 0. The first-order chi connectivity index (χ1) is 6.33. The zero-order valence-electron chi connectivity index (χ0n) is 8.34. The molecule has 1 nitrogen and oxygen atoms in total. The maximum Gasteiger partial charge on any atom is 0.155 e. The summed E-state index contributed by atoms with van der Waals surface area (Å²) in [6.45, 7) is 2.18. The van der Waals surface area contributed by atoms with E-state index in [4.69, 9.17) is 0 Å². The molecule has 0 fully saturated rings. The van der Waals surface area contributed by atoms with Crippen LogP contribution in [-0.2, 0) is 4.79 Å². The van der Waals surface area contributed by atoms with Gasteiger partial charge in [0.2, 0.25) is 0 Å². The third kappa shape index (κ3) is 4.51. The highest BCUT2D eigenvalue weighted by Gasteiger charge is 2.07. The monoisotopic (exact) mass is 198 g/mol. The predicted octanol–water partition coefficient (Wildman–Crippen LogP) is 3.20. The van der Waals surface area contributed by atoms with Crippen molar-refractivity contribution >= 4 is 17.5 Å². The van der Waals surface area contributed by atoms with E-state index in [2.05, 4.69) is 6.92 Å². The molecule has 0 aliphatic heterocycles. The fraction of sp³-hybridized carbons (Fsp3) is 0.727. The Kier molecular flexibility index (Phi) is 5.21. The lowest BCUT2D eigenvalue weighted by Gasteiger charge is -2.02. The van der Waals surface area contributed by atoms with Gasteiger partial charge in [-0.25, -0.2) is 0 Å². The second kappa shape index (κ2) is 6.25. The SMILES string of the molecule is CCSCCC1=CC(=O)CCCC1. The van der Waals surface area contributed by atoms with Gasteiger partial charge in [0, 0.05) is 6.42 Å². The smallest absolute Gasteiger partial charge is 0.155 e. The lowest BCUT2D eigenvalue weighted by atomic mass is 10.1. The predicted molar refractivity (Wildman–Crippen MR) is 59.2 cm³/mol. The summed E-state index contributed by atoms with van der Waals surface area (Å²) in [4.78, 5) is 11.2.